The molecule has 0 aliphatic carbocycles. The molecular weight excluding hydrogens is 216 g/mol. The van der Waals surface area contributed by atoms with Crippen LogP contribution in [0.1, 0.15) is 27.2 Å². The van der Waals surface area contributed by atoms with Crippen LogP contribution >= 0.6 is 0 Å². The largest absolute Gasteiger partial charge is 0.362 e. The van der Waals surface area contributed by atoms with E-state index in [2.05, 4.69) is 24.1 Å². The molecule has 0 aromatic carbocycles. The predicted molar refractivity (Wildman–Crippen MR) is 70.1 cm³/mol. The van der Waals surface area contributed by atoms with Crippen molar-refractivity contribution in [3.05, 3.63) is 22.7 Å². The summed E-state index contributed by atoms with van der Waals surface area (Å²) in [6.45, 7) is 7.40. The van der Waals surface area contributed by atoms with E-state index in [0.29, 0.717) is 24.8 Å². The summed E-state index contributed by atoms with van der Waals surface area (Å²) in [5.74, 6) is 0.830. The van der Waals surface area contributed by atoms with Gasteiger partial charge in [-0.05, 0) is 25.8 Å². The van der Waals surface area contributed by atoms with Crippen molar-refractivity contribution in [2.24, 2.45) is 11.7 Å². The number of nitrogens with two attached hydrogens (primary N) is 1. The highest BCUT2D eigenvalue weighted by Gasteiger charge is 2.14. The molecule has 96 valence electrons. The third-order valence-electron chi connectivity index (χ3n) is 2.86. The highest BCUT2D eigenvalue weighted by Crippen LogP contribution is 2.09. The summed E-state index contributed by atoms with van der Waals surface area (Å²) in [6.07, 6.45) is 4.17. The smallest absolute Gasteiger partial charge is 0.293 e. The molecule has 0 fully saturated rings. The molecule has 0 radical (unpaired) electrons. The SMILES string of the molecule is CCn1ccnc(NC(CCN)C(C)C)c1=O. The van der Waals surface area contributed by atoms with Gasteiger partial charge in [-0.15, -0.1) is 0 Å². The lowest BCUT2D eigenvalue weighted by molar-refractivity contribution is 0.496. The Morgan fingerprint density at radius 1 is 1.53 bits per heavy atom. The Labute approximate surface area is 102 Å². The van der Waals surface area contributed by atoms with Gasteiger partial charge in [-0.2, -0.15) is 0 Å². The lowest BCUT2D eigenvalue weighted by Gasteiger charge is -2.22. The van der Waals surface area contributed by atoms with Crippen molar-refractivity contribution in [1.82, 2.24) is 9.55 Å². The fraction of sp³-hybridized carbons (Fsp3) is 0.667. The van der Waals surface area contributed by atoms with E-state index >= 15 is 0 Å². The molecule has 0 saturated carbocycles. The summed E-state index contributed by atoms with van der Waals surface area (Å²) in [6, 6.07) is 0.188. The summed E-state index contributed by atoms with van der Waals surface area (Å²) in [4.78, 5) is 16.1. The maximum absolute atomic E-state index is 12.0. The topological polar surface area (TPSA) is 72.9 Å². The first-order valence-electron chi connectivity index (χ1n) is 6.12. The van der Waals surface area contributed by atoms with Crippen LogP contribution in [0.5, 0.6) is 0 Å². The van der Waals surface area contributed by atoms with Crippen LogP contribution in [-0.2, 0) is 6.54 Å². The van der Waals surface area contributed by atoms with Gasteiger partial charge in [0.2, 0.25) is 0 Å². The molecule has 0 spiro atoms. The highest BCUT2D eigenvalue weighted by atomic mass is 16.1. The van der Waals surface area contributed by atoms with Crippen molar-refractivity contribution in [2.45, 2.75) is 39.8 Å². The van der Waals surface area contributed by atoms with Crippen LogP contribution in [0.4, 0.5) is 5.82 Å². The minimum absolute atomic E-state index is 0.0716. The zero-order valence-electron chi connectivity index (χ0n) is 10.8. The first-order chi connectivity index (χ1) is 8.10. The van der Waals surface area contributed by atoms with E-state index < -0.39 is 0 Å². The normalized spacial score (nSPS) is 12.8. The molecule has 5 nitrogen and oxygen atoms in total. The standard InChI is InChI=1S/C12H22N4O/c1-4-16-8-7-14-11(12(16)17)15-10(5-6-13)9(2)3/h7-10H,4-6,13H2,1-3H3,(H,14,15). The molecular formula is C12H22N4O. The van der Waals surface area contributed by atoms with E-state index in [0.717, 1.165) is 6.42 Å². The molecule has 1 heterocycles. The first kappa shape index (κ1) is 13.7. The minimum atomic E-state index is -0.0716. The molecule has 0 saturated heterocycles. The number of aromatic nitrogens is 2. The second-order valence-corrected chi connectivity index (χ2v) is 4.44. The summed E-state index contributed by atoms with van der Waals surface area (Å²) in [5.41, 5.74) is 5.50. The van der Waals surface area contributed by atoms with Crippen LogP contribution in [0.3, 0.4) is 0 Å². The Morgan fingerprint density at radius 2 is 2.24 bits per heavy atom. The van der Waals surface area contributed by atoms with Gasteiger partial charge in [-0.25, -0.2) is 4.98 Å². The van der Waals surface area contributed by atoms with Crippen molar-refractivity contribution in [3.8, 4) is 0 Å². The van der Waals surface area contributed by atoms with Gasteiger partial charge in [0.15, 0.2) is 5.82 Å². The molecule has 0 bridgehead atoms. The average Bonchev–Trinajstić information content (AvgIpc) is 2.30. The van der Waals surface area contributed by atoms with Gasteiger partial charge in [0.05, 0.1) is 0 Å². The fourth-order valence-electron chi connectivity index (χ4n) is 1.72. The van der Waals surface area contributed by atoms with Gasteiger partial charge in [0, 0.05) is 25.0 Å². The van der Waals surface area contributed by atoms with Crippen LogP contribution < -0.4 is 16.6 Å². The molecule has 1 unspecified atom stereocenters. The monoisotopic (exact) mass is 238 g/mol. The second-order valence-electron chi connectivity index (χ2n) is 4.44. The Balaban J connectivity index is 2.89. The lowest BCUT2D eigenvalue weighted by atomic mass is 10.0. The summed E-state index contributed by atoms with van der Waals surface area (Å²) < 4.78 is 1.63. The van der Waals surface area contributed by atoms with Crippen molar-refractivity contribution in [2.75, 3.05) is 11.9 Å². The van der Waals surface area contributed by atoms with E-state index in [1.165, 1.54) is 0 Å². The Morgan fingerprint density at radius 3 is 2.76 bits per heavy atom. The van der Waals surface area contributed by atoms with Crippen molar-refractivity contribution in [1.29, 1.82) is 0 Å². The van der Waals surface area contributed by atoms with E-state index in [1.54, 1.807) is 17.0 Å². The third-order valence-corrected chi connectivity index (χ3v) is 2.86. The minimum Gasteiger partial charge on any atom is -0.362 e. The zero-order chi connectivity index (χ0) is 12.8. The van der Waals surface area contributed by atoms with Crippen molar-refractivity contribution in [3.63, 3.8) is 0 Å². The van der Waals surface area contributed by atoms with Crippen LogP contribution in [0.25, 0.3) is 0 Å². The number of hydrogen-bond donors (Lipinski definition) is 2. The molecule has 1 aromatic rings. The lowest BCUT2D eigenvalue weighted by Crippen LogP contribution is -2.33. The van der Waals surface area contributed by atoms with E-state index in [4.69, 9.17) is 5.73 Å². The Kier molecular flexibility index (Phi) is 5.15. The van der Waals surface area contributed by atoms with Crippen LogP contribution in [-0.4, -0.2) is 22.1 Å². The maximum Gasteiger partial charge on any atom is 0.293 e. The van der Waals surface area contributed by atoms with Crippen LogP contribution in [0.15, 0.2) is 17.2 Å². The molecule has 3 N–H and O–H groups in total. The number of hydrogen-bond acceptors (Lipinski definition) is 4. The molecule has 17 heavy (non-hydrogen) atoms. The van der Waals surface area contributed by atoms with Crippen LogP contribution in [0.2, 0.25) is 0 Å². The van der Waals surface area contributed by atoms with Crippen LogP contribution in [0, 0.1) is 5.92 Å². The zero-order valence-corrected chi connectivity index (χ0v) is 10.8. The van der Waals surface area contributed by atoms with Gasteiger partial charge >= 0.3 is 0 Å². The molecule has 1 rings (SSSR count). The Bertz CT molecular complexity index is 400. The number of anilines is 1. The van der Waals surface area contributed by atoms with Crippen molar-refractivity contribution >= 4 is 5.82 Å². The molecule has 1 atom stereocenters. The van der Waals surface area contributed by atoms with Gasteiger partial charge in [-0.1, -0.05) is 13.8 Å². The van der Waals surface area contributed by atoms with Crippen molar-refractivity contribution < 1.29 is 0 Å². The van der Waals surface area contributed by atoms with Gasteiger partial charge in [-0.3, -0.25) is 4.79 Å². The average molecular weight is 238 g/mol. The van der Waals surface area contributed by atoms with Gasteiger partial charge < -0.3 is 15.6 Å². The summed E-state index contributed by atoms with van der Waals surface area (Å²) in [7, 11) is 0. The number of nitrogens with zero attached hydrogens (tertiary/aromatic N) is 2. The van der Waals surface area contributed by atoms with E-state index in [9.17, 15) is 4.79 Å². The van der Waals surface area contributed by atoms with E-state index in [-0.39, 0.29) is 11.6 Å². The second kappa shape index (κ2) is 6.39. The van der Waals surface area contributed by atoms with Gasteiger partial charge in [0.25, 0.3) is 5.56 Å². The highest BCUT2D eigenvalue weighted by molar-refractivity contribution is 5.32. The molecule has 5 heteroatoms. The molecule has 0 aliphatic rings. The quantitative estimate of drug-likeness (QED) is 0.777. The number of nitrogens with one attached hydrogen (secondary N) is 1. The Hall–Kier alpha value is -1.36. The molecule has 0 aliphatic heterocycles. The number of aryl methyl sites for hydroxylation is 1. The fourth-order valence-corrected chi connectivity index (χ4v) is 1.72. The molecule has 1 aromatic heterocycles. The number of rotatable bonds is 6. The van der Waals surface area contributed by atoms with Gasteiger partial charge in [0.1, 0.15) is 0 Å². The first-order valence-corrected chi connectivity index (χ1v) is 6.12. The summed E-state index contributed by atoms with van der Waals surface area (Å²) >= 11 is 0. The maximum atomic E-state index is 12.0. The molecule has 0 amide bonds. The third kappa shape index (κ3) is 3.56. The summed E-state index contributed by atoms with van der Waals surface area (Å²) in [5, 5.41) is 3.20. The van der Waals surface area contributed by atoms with E-state index in [1.807, 2.05) is 6.92 Å². The predicted octanol–water partition coefficient (Wildman–Crippen LogP) is 1.05.